The SMILES string of the molecule is CCCCN1CN(CCc2ccccc2)CNC1=S. The van der Waals surface area contributed by atoms with Crippen molar-refractivity contribution in [1.29, 1.82) is 0 Å². The van der Waals surface area contributed by atoms with Crippen molar-refractivity contribution in [1.82, 2.24) is 15.1 Å². The van der Waals surface area contributed by atoms with E-state index in [1.54, 1.807) is 0 Å². The lowest BCUT2D eigenvalue weighted by molar-refractivity contribution is 0.154. The molecule has 0 unspecified atom stereocenters. The van der Waals surface area contributed by atoms with E-state index in [4.69, 9.17) is 12.2 Å². The first-order chi connectivity index (χ1) is 9.29. The largest absolute Gasteiger partial charge is 0.350 e. The quantitative estimate of drug-likeness (QED) is 0.805. The number of nitrogens with zero attached hydrogens (tertiary/aromatic N) is 2. The van der Waals surface area contributed by atoms with Crippen LogP contribution in [0, 0.1) is 0 Å². The highest BCUT2D eigenvalue weighted by molar-refractivity contribution is 7.80. The molecule has 0 spiro atoms. The molecule has 1 aliphatic heterocycles. The van der Waals surface area contributed by atoms with Crippen molar-refractivity contribution in [3.63, 3.8) is 0 Å². The molecule has 1 saturated heterocycles. The van der Waals surface area contributed by atoms with Crippen LogP contribution in [0.3, 0.4) is 0 Å². The van der Waals surface area contributed by atoms with Gasteiger partial charge in [-0.15, -0.1) is 0 Å². The van der Waals surface area contributed by atoms with Gasteiger partial charge in [-0.25, -0.2) is 0 Å². The molecule has 104 valence electrons. The predicted octanol–water partition coefficient (Wildman–Crippen LogP) is 2.44. The van der Waals surface area contributed by atoms with E-state index in [-0.39, 0.29) is 0 Å². The number of hydrogen-bond acceptors (Lipinski definition) is 2. The third-order valence-corrected chi connectivity index (χ3v) is 3.86. The maximum absolute atomic E-state index is 5.36. The summed E-state index contributed by atoms with van der Waals surface area (Å²) in [7, 11) is 0. The van der Waals surface area contributed by atoms with Crippen molar-refractivity contribution in [2.45, 2.75) is 26.2 Å². The van der Waals surface area contributed by atoms with Crippen LogP contribution in [0.25, 0.3) is 0 Å². The number of thiocarbonyl (C=S) groups is 1. The predicted molar refractivity (Wildman–Crippen MR) is 83.9 cm³/mol. The molecule has 0 amide bonds. The van der Waals surface area contributed by atoms with Gasteiger partial charge in [0.05, 0.1) is 13.3 Å². The maximum Gasteiger partial charge on any atom is 0.170 e. The molecule has 0 aromatic heterocycles. The summed E-state index contributed by atoms with van der Waals surface area (Å²) in [5.74, 6) is 0. The van der Waals surface area contributed by atoms with Gasteiger partial charge < -0.3 is 10.2 Å². The normalized spacial score (nSPS) is 16.5. The van der Waals surface area contributed by atoms with Gasteiger partial charge in [-0.3, -0.25) is 4.90 Å². The van der Waals surface area contributed by atoms with Gasteiger partial charge in [0.2, 0.25) is 0 Å². The summed E-state index contributed by atoms with van der Waals surface area (Å²) in [4.78, 5) is 4.69. The van der Waals surface area contributed by atoms with E-state index in [0.717, 1.165) is 38.0 Å². The Morgan fingerprint density at radius 3 is 2.74 bits per heavy atom. The van der Waals surface area contributed by atoms with Gasteiger partial charge in [-0.2, -0.15) is 0 Å². The molecule has 0 aliphatic carbocycles. The van der Waals surface area contributed by atoms with Gasteiger partial charge in [0.15, 0.2) is 5.11 Å². The molecule has 4 heteroatoms. The summed E-state index contributed by atoms with van der Waals surface area (Å²) < 4.78 is 0. The zero-order valence-electron chi connectivity index (χ0n) is 11.6. The summed E-state index contributed by atoms with van der Waals surface area (Å²) in [5, 5.41) is 4.22. The van der Waals surface area contributed by atoms with Gasteiger partial charge in [0.25, 0.3) is 0 Å². The van der Waals surface area contributed by atoms with Gasteiger partial charge in [0, 0.05) is 13.1 Å². The summed E-state index contributed by atoms with van der Waals surface area (Å²) in [6, 6.07) is 10.7. The fourth-order valence-electron chi connectivity index (χ4n) is 2.25. The molecule has 0 saturated carbocycles. The van der Waals surface area contributed by atoms with Crippen LogP contribution < -0.4 is 5.32 Å². The van der Waals surface area contributed by atoms with Crippen LogP contribution in [0.4, 0.5) is 0 Å². The second-order valence-corrected chi connectivity index (χ2v) is 5.42. The minimum Gasteiger partial charge on any atom is -0.350 e. The molecule has 1 heterocycles. The first kappa shape index (κ1) is 14.3. The van der Waals surface area contributed by atoms with E-state index >= 15 is 0 Å². The third-order valence-electron chi connectivity index (χ3n) is 3.45. The summed E-state index contributed by atoms with van der Waals surface area (Å²) in [6.45, 7) is 6.17. The highest BCUT2D eigenvalue weighted by atomic mass is 32.1. The minimum atomic E-state index is 0.869. The Morgan fingerprint density at radius 2 is 2.00 bits per heavy atom. The topological polar surface area (TPSA) is 18.5 Å². The van der Waals surface area contributed by atoms with Gasteiger partial charge in [0.1, 0.15) is 0 Å². The molecule has 1 aromatic rings. The van der Waals surface area contributed by atoms with Crippen LogP contribution >= 0.6 is 12.2 Å². The second-order valence-electron chi connectivity index (χ2n) is 5.03. The van der Waals surface area contributed by atoms with E-state index in [9.17, 15) is 0 Å². The molecule has 0 bridgehead atoms. The first-order valence-corrected chi connectivity index (χ1v) is 7.49. The van der Waals surface area contributed by atoms with Gasteiger partial charge >= 0.3 is 0 Å². The minimum absolute atomic E-state index is 0.869. The summed E-state index contributed by atoms with van der Waals surface area (Å²) in [5.41, 5.74) is 1.40. The first-order valence-electron chi connectivity index (χ1n) is 7.08. The van der Waals surface area contributed by atoms with Crippen molar-refractivity contribution in [3.8, 4) is 0 Å². The van der Waals surface area contributed by atoms with Gasteiger partial charge in [-0.1, -0.05) is 43.7 Å². The summed E-state index contributed by atoms with van der Waals surface area (Å²) >= 11 is 5.36. The smallest absolute Gasteiger partial charge is 0.170 e. The Kier molecular flexibility index (Phi) is 5.61. The highest BCUT2D eigenvalue weighted by Gasteiger charge is 2.19. The van der Waals surface area contributed by atoms with Crippen molar-refractivity contribution < 1.29 is 0 Å². The van der Waals surface area contributed by atoms with E-state index in [2.05, 4.69) is 52.4 Å². The van der Waals surface area contributed by atoms with Crippen LogP contribution in [-0.4, -0.2) is 41.3 Å². The standard InChI is InChI=1S/C15H23N3S/c1-2-3-10-18-13-17(12-16-15(18)19)11-9-14-7-5-4-6-8-14/h4-8H,2-3,9-13H2,1H3,(H,16,19). The number of rotatable bonds is 6. The monoisotopic (exact) mass is 277 g/mol. The number of unbranched alkanes of at least 4 members (excludes halogenated alkanes) is 1. The van der Waals surface area contributed by atoms with E-state index in [1.807, 2.05) is 0 Å². The van der Waals surface area contributed by atoms with E-state index in [1.165, 1.54) is 18.4 Å². The third kappa shape index (κ3) is 4.48. The van der Waals surface area contributed by atoms with E-state index in [0.29, 0.717) is 0 Å². The molecule has 1 fully saturated rings. The molecule has 1 aromatic carbocycles. The average molecular weight is 277 g/mol. The molecule has 3 nitrogen and oxygen atoms in total. The molecule has 19 heavy (non-hydrogen) atoms. The number of hydrogen-bond donors (Lipinski definition) is 1. The van der Waals surface area contributed by atoms with Crippen molar-refractivity contribution in [2.24, 2.45) is 0 Å². The molecule has 2 rings (SSSR count). The zero-order valence-corrected chi connectivity index (χ0v) is 12.5. The number of benzene rings is 1. The highest BCUT2D eigenvalue weighted by Crippen LogP contribution is 2.06. The van der Waals surface area contributed by atoms with Crippen molar-refractivity contribution in [2.75, 3.05) is 26.4 Å². The fourth-order valence-corrected chi connectivity index (χ4v) is 2.46. The van der Waals surface area contributed by atoms with Crippen LogP contribution in [0.15, 0.2) is 30.3 Å². The molecular weight excluding hydrogens is 254 g/mol. The lowest BCUT2D eigenvalue weighted by atomic mass is 10.1. The second kappa shape index (κ2) is 7.46. The molecule has 0 radical (unpaired) electrons. The Labute approximate surface area is 121 Å². The lowest BCUT2D eigenvalue weighted by Gasteiger charge is -2.38. The van der Waals surface area contributed by atoms with Crippen molar-refractivity contribution in [3.05, 3.63) is 35.9 Å². The summed E-state index contributed by atoms with van der Waals surface area (Å²) in [6.07, 6.45) is 3.51. The van der Waals surface area contributed by atoms with Crippen LogP contribution in [-0.2, 0) is 6.42 Å². The molecular formula is C15H23N3S. The zero-order chi connectivity index (χ0) is 13.5. The molecule has 0 atom stereocenters. The van der Waals surface area contributed by atoms with Gasteiger partial charge in [-0.05, 0) is 30.6 Å². The van der Waals surface area contributed by atoms with Crippen molar-refractivity contribution >= 4 is 17.3 Å². The molecule has 1 N–H and O–H groups in total. The Balaban J connectivity index is 1.79. The molecule has 1 aliphatic rings. The Bertz CT molecular complexity index is 394. The Morgan fingerprint density at radius 1 is 1.21 bits per heavy atom. The maximum atomic E-state index is 5.36. The van der Waals surface area contributed by atoms with Crippen LogP contribution in [0.1, 0.15) is 25.3 Å². The fraction of sp³-hybridized carbons (Fsp3) is 0.533. The van der Waals surface area contributed by atoms with Crippen LogP contribution in [0.5, 0.6) is 0 Å². The lowest BCUT2D eigenvalue weighted by Crippen LogP contribution is -2.56. The Hall–Kier alpha value is -1.13. The average Bonchev–Trinajstić information content (AvgIpc) is 2.46. The number of nitrogens with one attached hydrogen (secondary N) is 1. The van der Waals surface area contributed by atoms with E-state index < -0.39 is 0 Å². The van der Waals surface area contributed by atoms with Crippen LogP contribution in [0.2, 0.25) is 0 Å².